The largest absolute Gasteiger partial charge is 0.484 e. The Morgan fingerprint density at radius 1 is 0.975 bits per heavy atom. The van der Waals surface area contributed by atoms with Gasteiger partial charge in [0.2, 0.25) is 5.82 Å². The van der Waals surface area contributed by atoms with Crippen molar-refractivity contribution < 1.29 is 13.9 Å². The van der Waals surface area contributed by atoms with Crippen LogP contribution in [0.15, 0.2) is 117 Å². The number of anilines is 1. The Morgan fingerprint density at radius 3 is 2.55 bits per heavy atom. The quantitative estimate of drug-likeness (QED) is 0.256. The number of carbonyl (C=O) groups excluding carboxylic acids is 1. The number of benzene rings is 4. The van der Waals surface area contributed by atoms with E-state index in [1.807, 2.05) is 67.6 Å². The minimum Gasteiger partial charge on any atom is -0.484 e. The summed E-state index contributed by atoms with van der Waals surface area (Å²) in [5.41, 5.74) is 3.40. The fraction of sp³-hybridized carbons (Fsp3) is 0.0625. The summed E-state index contributed by atoms with van der Waals surface area (Å²) < 4.78 is 12.9. The molecule has 0 spiro atoms. The van der Waals surface area contributed by atoms with Crippen LogP contribution in [0.2, 0.25) is 0 Å². The lowest BCUT2D eigenvalue weighted by atomic mass is 10.2. The van der Waals surface area contributed by atoms with E-state index < -0.39 is 0 Å². The molecule has 0 saturated carbocycles. The fourth-order valence-electron chi connectivity index (χ4n) is 4.31. The van der Waals surface area contributed by atoms with Crippen LogP contribution in [0.25, 0.3) is 33.5 Å². The molecule has 0 aliphatic heterocycles. The van der Waals surface area contributed by atoms with Gasteiger partial charge in [0, 0.05) is 11.1 Å². The van der Waals surface area contributed by atoms with Crippen LogP contribution in [0.3, 0.4) is 0 Å². The number of hydrogen-bond donors (Lipinski definition) is 1. The molecule has 8 heteroatoms. The number of aromatic nitrogens is 2. The second-order valence-electron chi connectivity index (χ2n) is 9.18. The molecule has 0 fully saturated rings. The molecule has 196 valence electrons. The minimum absolute atomic E-state index is 0.124. The van der Waals surface area contributed by atoms with Crippen molar-refractivity contribution >= 4 is 39.7 Å². The summed E-state index contributed by atoms with van der Waals surface area (Å²) in [6.45, 7) is 1.80. The second-order valence-corrected chi connectivity index (χ2v) is 9.18. The van der Waals surface area contributed by atoms with E-state index in [1.54, 1.807) is 48.7 Å². The molecule has 4 aromatic carbocycles. The van der Waals surface area contributed by atoms with Crippen LogP contribution in [0.4, 0.5) is 5.69 Å². The van der Waals surface area contributed by atoms with Crippen molar-refractivity contribution in [1.29, 1.82) is 0 Å². The molecule has 40 heavy (non-hydrogen) atoms. The van der Waals surface area contributed by atoms with Gasteiger partial charge in [0.25, 0.3) is 11.5 Å². The molecule has 0 saturated heterocycles. The standard InChI is InChI=1S/C32H24N4O4/c1-21-8-2-5-11-26(21)34-30(37)20-39-24-16-14-22(15-17-24)19-33-36-31(29-18-23-9-3-7-13-28(23)40-29)35-27-12-6-4-10-25(27)32(36)38/h2-19H,20H2,1H3,(H,34,37). The molecular formula is C32H24N4O4. The predicted molar refractivity (Wildman–Crippen MR) is 156 cm³/mol. The Hall–Kier alpha value is -5.50. The molecule has 1 N–H and O–H groups in total. The van der Waals surface area contributed by atoms with Crippen LogP contribution in [0, 0.1) is 6.92 Å². The Morgan fingerprint density at radius 2 is 1.73 bits per heavy atom. The zero-order valence-corrected chi connectivity index (χ0v) is 21.6. The number of amides is 1. The Labute approximate surface area is 229 Å². The van der Waals surface area contributed by atoms with Gasteiger partial charge in [-0.1, -0.05) is 48.5 Å². The van der Waals surface area contributed by atoms with Crippen LogP contribution in [0.1, 0.15) is 11.1 Å². The van der Waals surface area contributed by atoms with E-state index in [9.17, 15) is 9.59 Å². The van der Waals surface area contributed by atoms with E-state index in [-0.39, 0.29) is 18.1 Å². The van der Waals surface area contributed by atoms with Crippen LogP contribution in [-0.4, -0.2) is 28.4 Å². The third-order valence-corrected chi connectivity index (χ3v) is 6.39. The van der Waals surface area contributed by atoms with Crippen molar-refractivity contribution in [2.75, 3.05) is 11.9 Å². The van der Waals surface area contributed by atoms with Crippen molar-refractivity contribution in [2.45, 2.75) is 6.92 Å². The normalized spacial score (nSPS) is 11.3. The van der Waals surface area contributed by atoms with Crippen molar-refractivity contribution in [2.24, 2.45) is 5.10 Å². The van der Waals surface area contributed by atoms with Crippen molar-refractivity contribution in [3.63, 3.8) is 0 Å². The Balaban J connectivity index is 1.24. The van der Waals surface area contributed by atoms with Crippen LogP contribution < -0.4 is 15.6 Å². The lowest BCUT2D eigenvalue weighted by Gasteiger charge is -2.09. The minimum atomic E-state index is -0.308. The summed E-state index contributed by atoms with van der Waals surface area (Å²) in [4.78, 5) is 30.4. The topological polar surface area (TPSA) is 98.7 Å². The van der Waals surface area contributed by atoms with Crippen molar-refractivity contribution in [3.8, 4) is 17.3 Å². The molecule has 0 unspecified atom stereocenters. The third-order valence-electron chi connectivity index (χ3n) is 6.39. The van der Waals surface area contributed by atoms with Gasteiger partial charge >= 0.3 is 0 Å². The molecule has 2 heterocycles. The molecule has 6 rings (SSSR count). The molecule has 0 bridgehead atoms. The molecule has 0 atom stereocenters. The zero-order chi connectivity index (χ0) is 27.5. The van der Waals surface area contributed by atoms with Gasteiger partial charge in [0.1, 0.15) is 11.3 Å². The molecular weight excluding hydrogens is 504 g/mol. The lowest BCUT2D eigenvalue weighted by molar-refractivity contribution is -0.118. The van der Waals surface area contributed by atoms with Crippen LogP contribution in [0.5, 0.6) is 5.75 Å². The van der Waals surface area contributed by atoms with Crippen LogP contribution in [-0.2, 0) is 4.79 Å². The Kier molecular flexibility index (Phi) is 6.64. The first kappa shape index (κ1) is 24.8. The number of hydrogen-bond acceptors (Lipinski definition) is 6. The Bertz CT molecular complexity index is 1900. The summed E-state index contributed by atoms with van der Waals surface area (Å²) in [5.74, 6) is 1.02. The number of para-hydroxylation sites is 3. The highest BCUT2D eigenvalue weighted by Crippen LogP contribution is 2.27. The lowest BCUT2D eigenvalue weighted by Crippen LogP contribution is -2.20. The molecule has 8 nitrogen and oxygen atoms in total. The van der Waals surface area contributed by atoms with E-state index in [1.165, 1.54) is 4.68 Å². The number of nitrogens with one attached hydrogen (secondary N) is 1. The highest BCUT2D eigenvalue weighted by Gasteiger charge is 2.16. The first-order chi connectivity index (χ1) is 19.5. The number of aryl methyl sites for hydroxylation is 1. The summed E-state index contributed by atoms with van der Waals surface area (Å²) in [6.07, 6.45) is 1.57. The summed E-state index contributed by atoms with van der Waals surface area (Å²) >= 11 is 0. The second kappa shape index (κ2) is 10.7. The van der Waals surface area contributed by atoms with Crippen LogP contribution >= 0.6 is 0 Å². The number of rotatable bonds is 7. The highest BCUT2D eigenvalue weighted by atomic mass is 16.5. The van der Waals surface area contributed by atoms with E-state index >= 15 is 0 Å². The van der Waals surface area contributed by atoms with Gasteiger partial charge < -0.3 is 14.5 Å². The monoisotopic (exact) mass is 528 g/mol. The number of furan rings is 1. The number of carbonyl (C=O) groups is 1. The van der Waals surface area contributed by atoms with E-state index in [2.05, 4.69) is 10.4 Å². The van der Waals surface area contributed by atoms with Crippen molar-refractivity contribution in [3.05, 3.63) is 125 Å². The average Bonchev–Trinajstić information content (AvgIpc) is 3.42. The maximum Gasteiger partial charge on any atom is 0.282 e. The maximum atomic E-state index is 13.4. The van der Waals surface area contributed by atoms with Gasteiger partial charge in [-0.2, -0.15) is 9.78 Å². The highest BCUT2D eigenvalue weighted by molar-refractivity contribution is 5.92. The predicted octanol–water partition coefficient (Wildman–Crippen LogP) is 6.02. The van der Waals surface area contributed by atoms with Gasteiger partial charge in [-0.25, -0.2) is 4.98 Å². The van der Waals surface area contributed by atoms with E-state index in [4.69, 9.17) is 14.1 Å². The summed E-state index contributed by atoms with van der Waals surface area (Å²) in [7, 11) is 0. The molecule has 0 radical (unpaired) electrons. The van der Waals surface area contributed by atoms with Gasteiger partial charge in [0.15, 0.2) is 12.4 Å². The number of fused-ring (bicyclic) bond motifs is 2. The first-order valence-corrected chi connectivity index (χ1v) is 12.7. The van der Waals surface area contributed by atoms with E-state index in [0.717, 1.165) is 22.2 Å². The first-order valence-electron chi connectivity index (χ1n) is 12.7. The summed E-state index contributed by atoms with van der Waals surface area (Å²) in [5, 5.41) is 8.68. The molecule has 0 aliphatic rings. The average molecular weight is 529 g/mol. The maximum absolute atomic E-state index is 13.4. The number of nitrogens with zero attached hydrogens (tertiary/aromatic N) is 3. The smallest absolute Gasteiger partial charge is 0.282 e. The van der Waals surface area contributed by atoms with Crippen molar-refractivity contribution in [1.82, 2.24) is 9.66 Å². The molecule has 1 amide bonds. The van der Waals surface area contributed by atoms with Gasteiger partial charge in [-0.3, -0.25) is 9.59 Å². The number of ether oxygens (including phenoxy) is 1. The molecule has 2 aromatic heterocycles. The SMILES string of the molecule is Cc1ccccc1NC(=O)COc1ccc(C=Nn2c(-c3cc4ccccc4o3)nc3ccccc3c2=O)cc1. The van der Waals surface area contributed by atoms with Gasteiger partial charge in [0.05, 0.1) is 17.1 Å². The molecule has 6 aromatic rings. The third kappa shape index (κ3) is 5.10. The fourth-order valence-corrected chi connectivity index (χ4v) is 4.31. The summed E-state index contributed by atoms with van der Waals surface area (Å²) in [6, 6.07) is 31.2. The van der Waals surface area contributed by atoms with Gasteiger partial charge in [-0.15, -0.1) is 0 Å². The zero-order valence-electron chi connectivity index (χ0n) is 21.6. The molecule has 0 aliphatic carbocycles. The van der Waals surface area contributed by atoms with E-state index in [0.29, 0.717) is 33.8 Å². The van der Waals surface area contributed by atoms with Gasteiger partial charge in [-0.05, 0) is 72.6 Å².